The number of rotatable bonds is 2. The second kappa shape index (κ2) is 5.30. The second-order valence-corrected chi connectivity index (χ2v) is 5.39. The molecule has 1 saturated heterocycles. The molecule has 2 N–H and O–H groups in total. The molecule has 0 spiro atoms. The minimum Gasteiger partial charge on any atom is -0.356 e. The van der Waals surface area contributed by atoms with E-state index in [4.69, 9.17) is 11.6 Å². The van der Waals surface area contributed by atoms with E-state index >= 15 is 0 Å². The van der Waals surface area contributed by atoms with Gasteiger partial charge in [0, 0.05) is 38.2 Å². The standard InChI is InChI=1S/C13H16ClN5O/c1-18-4-5-19(8-11(18)12-15-2-3-16-12)13(20)10-6-9(14)7-17-10/h2-3,6-7,11,17H,4-5,8H2,1H3,(H,15,16)/t11-/m1/s1. The normalized spacial score (nSPS) is 20.3. The average molecular weight is 294 g/mol. The van der Waals surface area contributed by atoms with Gasteiger partial charge >= 0.3 is 0 Å². The Labute approximate surface area is 121 Å². The summed E-state index contributed by atoms with van der Waals surface area (Å²) in [6, 6.07) is 1.75. The summed E-state index contributed by atoms with van der Waals surface area (Å²) in [4.78, 5) is 26.8. The van der Waals surface area contributed by atoms with Gasteiger partial charge in [-0.2, -0.15) is 0 Å². The van der Waals surface area contributed by atoms with E-state index in [1.807, 2.05) is 11.9 Å². The third-order valence-electron chi connectivity index (χ3n) is 3.65. The Balaban J connectivity index is 1.77. The number of carbonyl (C=O) groups excluding carboxylic acids is 1. The molecule has 0 unspecified atom stereocenters. The smallest absolute Gasteiger partial charge is 0.270 e. The fraction of sp³-hybridized carbons (Fsp3) is 0.385. The van der Waals surface area contributed by atoms with Gasteiger partial charge in [-0.3, -0.25) is 9.69 Å². The molecule has 0 saturated carbocycles. The van der Waals surface area contributed by atoms with Crippen molar-refractivity contribution in [3.8, 4) is 0 Å². The number of nitrogens with one attached hydrogen (secondary N) is 2. The van der Waals surface area contributed by atoms with E-state index in [9.17, 15) is 4.79 Å². The van der Waals surface area contributed by atoms with Crippen molar-refractivity contribution in [2.45, 2.75) is 6.04 Å². The van der Waals surface area contributed by atoms with Crippen LogP contribution < -0.4 is 0 Å². The second-order valence-electron chi connectivity index (χ2n) is 4.95. The first-order valence-corrected chi connectivity index (χ1v) is 6.85. The first-order chi connectivity index (χ1) is 9.65. The predicted molar refractivity (Wildman–Crippen MR) is 75.7 cm³/mol. The van der Waals surface area contributed by atoms with Crippen LogP contribution in [0.15, 0.2) is 24.7 Å². The summed E-state index contributed by atoms with van der Waals surface area (Å²) < 4.78 is 0. The van der Waals surface area contributed by atoms with E-state index < -0.39 is 0 Å². The molecule has 6 nitrogen and oxygen atoms in total. The highest BCUT2D eigenvalue weighted by Crippen LogP contribution is 2.22. The maximum Gasteiger partial charge on any atom is 0.270 e. The van der Waals surface area contributed by atoms with Crippen LogP contribution in [0.3, 0.4) is 0 Å². The molecule has 1 aliphatic rings. The molecule has 0 aliphatic carbocycles. The molecule has 1 fully saturated rings. The third kappa shape index (κ3) is 2.44. The van der Waals surface area contributed by atoms with Crippen LogP contribution in [0.5, 0.6) is 0 Å². The fourth-order valence-corrected chi connectivity index (χ4v) is 2.64. The Kier molecular flexibility index (Phi) is 3.50. The molecule has 1 aliphatic heterocycles. The lowest BCUT2D eigenvalue weighted by atomic mass is 10.1. The van der Waals surface area contributed by atoms with Crippen LogP contribution in [0.2, 0.25) is 5.02 Å². The number of hydrogen-bond acceptors (Lipinski definition) is 3. The highest BCUT2D eigenvalue weighted by Gasteiger charge is 2.30. The van der Waals surface area contributed by atoms with Crippen LogP contribution in [0.4, 0.5) is 0 Å². The molecule has 20 heavy (non-hydrogen) atoms. The number of piperazine rings is 1. The summed E-state index contributed by atoms with van der Waals surface area (Å²) in [6.45, 7) is 2.12. The van der Waals surface area contributed by atoms with Gasteiger partial charge in [0.25, 0.3) is 5.91 Å². The van der Waals surface area contributed by atoms with Crippen LogP contribution in [-0.4, -0.2) is 57.3 Å². The maximum absolute atomic E-state index is 12.4. The molecule has 0 radical (unpaired) electrons. The molecule has 106 valence electrons. The highest BCUT2D eigenvalue weighted by atomic mass is 35.5. The van der Waals surface area contributed by atoms with Gasteiger partial charge in [-0.05, 0) is 13.1 Å². The zero-order valence-electron chi connectivity index (χ0n) is 11.1. The van der Waals surface area contributed by atoms with Gasteiger partial charge in [0.15, 0.2) is 0 Å². The number of halogens is 1. The third-order valence-corrected chi connectivity index (χ3v) is 3.87. The fourth-order valence-electron chi connectivity index (χ4n) is 2.47. The summed E-state index contributed by atoms with van der Waals surface area (Å²) in [5.74, 6) is 0.857. The van der Waals surface area contributed by atoms with Crippen molar-refractivity contribution in [2.75, 3.05) is 26.7 Å². The molecule has 1 atom stereocenters. The van der Waals surface area contributed by atoms with Crippen LogP contribution in [0, 0.1) is 0 Å². The summed E-state index contributed by atoms with van der Waals surface area (Å²) in [6.07, 6.45) is 5.15. The van der Waals surface area contributed by atoms with Gasteiger partial charge in [0.2, 0.25) is 0 Å². The lowest BCUT2D eigenvalue weighted by molar-refractivity contribution is 0.0529. The van der Waals surface area contributed by atoms with Gasteiger partial charge in [-0.25, -0.2) is 4.98 Å². The number of aromatic amines is 2. The molecular weight excluding hydrogens is 278 g/mol. The van der Waals surface area contributed by atoms with E-state index in [1.165, 1.54) is 0 Å². The summed E-state index contributed by atoms with van der Waals surface area (Å²) >= 11 is 5.85. The summed E-state index contributed by atoms with van der Waals surface area (Å²) in [5.41, 5.74) is 0.526. The molecule has 7 heteroatoms. The van der Waals surface area contributed by atoms with Gasteiger partial charge in [-0.15, -0.1) is 0 Å². The number of likely N-dealkylation sites (N-methyl/N-ethyl adjacent to an activating group) is 1. The van der Waals surface area contributed by atoms with Crippen LogP contribution in [0.25, 0.3) is 0 Å². The van der Waals surface area contributed by atoms with Crippen molar-refractivity contribution >= 4 is 17.5 Å². The summed E-state index contributed by atoms with van der Waals surface area (Å²) in [7, 11) is 2.04. The predicted octanol–water partition coefficient (Wildman–Crippen LogP) is 1.52. The molecule has 2 aromatic rings. The lowest BCUT2D eigenvalue weighted by Crippen LogP contribution is -2.49. The molecule has 2 aromatic heterocycles. The Bertz CT molecular complexity index is 594. The summed E-state index contributed by atoms with van der Waals surface area (Å²) in [5, 5.41) is 0.546. The zero-order valence-corrected chi connectivity index (χ0v) is 11.9. The van der Waals surface area contributed by atoms with E-state index in [1.54, 1.807) is 24.7 Å². The van der Waals surface area contributed by atoms with Crippen molar-refractivity contribution < 1.29 is 4.79 Å². The van der Waals surface area contributed by atoms with E-state index in [2.05, 4.69) is 19.9 Å². The largest absolute Gasteiger partial charge is 0.356 e. The van der Waals surface area contributed by atoms with Gasteiger partial charge < -0.3 is 14.9 Å². The highest BCUT2D eigenvalue weighted by molar-refractivity contribution is 6.30. The zero-order chi connectivity index (χ0) is 14.1. The Hall–Kier alpha value is -1.79. The van der Waals surface area contributed by atoms with E-state index in [0.29, 0.717) is 23.8 Å². The van der Waals surface area contributed by atoms with E-state index in [0.717, 1.165) is 12.4 Å². The van der Waals surface area contributed by atoms with Gasteiger partial charge in [0.1, 0.15) is 11.5 Å². The quantitative estimate of drug-likeness (QED) is 0.882. The monoisotopic (exact) mass is 293 g/mol. The number of nitrogens with zero attached hydrogens (tertiary/aromatic N) is 3. The van der Waals surface area contributed by atoms with Gasteiger partial charge in [-0.1, -0.05) is 11.6 Å². The molecule has 0 aromatic carbocycles. The number of hydrogen-bond donors (Lipinski definition) is 2. The average Bonchev–Trinajstić information content (AvgIpc) is 3.09. The topological polar surface area (TPSA) is 68.0 Å². The van der Waals surface area contributed by atoms with Gasteiger partial charge in [0.05, 0.1) is 11.1 Å². The number of aromatic nitrogens is 3. The first-order valence-electron chi connectivity index (χ1n) is 6.48. The maximum atomic E-state index is 12.4. The molecular formula is C13H16ClN5O. The molecule has 1 amide bonds. The minimum atomic E-state index is -0.0263. The van der Waals surface area contributed by atoms with Crippen LogP contribution in [0.1, 0.15) is 22.4 Å². The first kappa shape index (κ1) is 13.2. The van der Waals surface area contributed by atoms with Crippen molar-refractivity contribution in [1.82, 2.24) is 24.8 Å². The number of amides is 1. The van der Waals surface area contributed by atoms with Crippen molar-refractivity contribution in [1.29, 1.82) is 0 Å². The van der Waals surface area contributed by atoms with Crippen molar-refractivity contribution in [2.24, 2.45) is 0 Å². The Morgan fingerprint density at radius 1 is 1.45 bits per heavy atom. The van der Waals surface area contributed by atoms with Crippen LogP contribution in [-0.2, 0) is 0 Å². The molecule has 3 heterocycles. The SMILES string of the molecule is CN1CCN(C(=O)c2cc(Cl)c[nH]2)C[C@@H]1c1ncc[nH]1. The van der Waals surface area contributed by atoms with Crippen LogP contribution >= 0.6 is 11.6 Å². The van der Waals surface area contributed by atoms with E-state index in [-0.39, 0.29) is 11.9 Å². The lowest BCUT2D eigenvalue weighted by Gasteiger charge is -2.38. The van der Waals surface area contributed by atoms with Crippen molar-refractivity contribution in [3.05, 3.63) is 41.2 Å². The minimum absolute atomic E-state index is 0.0263. The Morgan fingerprint density at radius 3 is 2.95 bits per heavy atom. The van der Waals surface area contributed by atoms with Crippen molar-refractivity contribution in [3.63, 3.8) is 0 Å². The number of carbonyl (C=O) groups is 1. The molecule has 3 rings (SSSR count). The number of H-pyrrole nitrogens is 2. The number of imidazole rings is 1. The molecule has 0 bridgehead atoms. The Morgan fingerprint density at radius 2 is 2.30 bits per heavy atom.